The summed E-state index contributed by atoms with van der Waals surface area (Å²) in [5.74, 6) is -0.283. The highest BCUT2D eigenvalue weighted by atomic mass is 16.5. The van der Waals surface area contributed by atoms with Gasteiger partial charge in [-0.1, -0.05) is 97.1 Å². The molecule has 0 bridgehead atoms. The lowest BCUT2D eigenvalue weighted by molar-refractivity contribution is -0.159. The van der Waals surface area contributed by atoms with Crippen LogP contribution in [0.15, 0.2) is 12.2 Å². The normalized spacial score (nSPS) is 12.2. The number of allylic oxidation sites excluding steroid dienone is 2. The molecule has 0 N–H and O–H groups in total. The summed E-state index contributed by atoms with van der Waals surface area (Å²) in [5.41, 5.74) is 0. The molecule has 0 heterocycles. The number of hydrogen-bond acceptors (Lipinski definition) is 3. The zero-order chi connectivity index (χ0) is 24.6. The van der Waals surface area contributed by atoms with Gasteiger partial charge in [0.2, 0.25) is 0 Å². The standard InChI is InChI=1S/C29H55NO3/c1-5-8-11-12-13-14-15-16-17-18-19-20-21-22-23-24-28(31)33-27(4)29(32)30(25-9-6-2)26-10-7-3/h16-17,27H,5-15,18-26H2,1-4H3/b17-16-. The van der Waals surface area contributed by atoms with Crippen LogP contribution in [0.3, 0.4) is 0 Å². The van der Waals surface area contributed by atoms with E-state index in [9.17, 15) is 9.59 Å². The van der Waals surface area contributed by atoms with Gasteiger partial charge in [-0.05, 0) is 51.9 Å². The quantitative estimate of drug-likeness (QED) is 0.0864. The highest BCUT2D eigenvalue weighted by Crippen LogP contribution is 2.11. The van der Waals surface area contributed by atoms with Crippen molar-refractivity contribution >= 4 is 11.9 Å². The molecular formula is C29H55NO3. The van der Waals surface area contributed by atoms with E-state index in [0.29, 0.717) is 6.42 Å². The number of nitrogens with zero attached hydrogens (tertiary/aromatic N) is 1. The number of ether oxygens (including phenoxy) is 1. The first-order chi connectivity index (χ1) is 16.1. The fraction of sp³-hybridized carbons (Fsp3) is 0.862. The predicted molar refractivity (Wildman–Crippen MR) is 141 cm³/mol. The minimum Gasteiger partial charge on any atom is -0.453 e. The zero-order valence-corrected chi connectivity index (χ0v) is 22.5. The molecule has 0 aromatic rings. The Hall–Kier alpha value is -1.32. The predicted octanol–water partition coefficient (Wildman–Crippen LogP) is 8.38. The topological polar surface area (TPSA) is 46.6 Å². The van der Waals surface area contributed by atoms with Gasteiger partial charge in [-0.25, -0.2) is 0 Å². The Morgan fingerprint density at radius 3 is 1.64 bits per heavy atom. The van der Waals surface area contributed by atoms with E-state index in [1.54, 1.807) is 6.92 Å². The molecule has 1 amide bonds. The van der Waals surface area contributed by atoms with Crippen molar-refractivity contribution in [3.8, 4) is 0 Å². The van der Waals surface area contributed by atoms with Crippen LogP contribution in [0.2, 0.25) is 0 Å². The van der Waals surface area contributed by atoms with Crippen LogP contribution in [-0.2, 0) is 14.3 Å². The van der Waals surface area contributed by atoms with Gasteiger partial charge in [-0.15, -0.1) is 0 Å². The molecule has 0 fully saturated rings. The summed E-state index contributed by atoms with van der Waals surface area (Å²) >= 11 is 0. The Bertz CT molecular complexity index is 481. The van der Waals surface area contributed by atoms with Gasteiger partial charge in [0.15, 0.2) is 6.10 Å². The summed E-state index contributed by atoms with van der Waals surface area (Å²) in [5, 5.41) is 0. The molecule has 4 nitrogen and oxygen atoms in total. The van der Waals surface area contributed by atoms with Crippen molar-refractivity contribution in [3.63, 3.8) is 0 Å². The van der Waals surface area contributed by atoms with E-state index in [-0.39, 0.29) is 11.9 Å². The average Bonchev–Trinajstić information content (AvgIpc) is 2.81. The first-order valence-electron chi connectivity index (χ1n) is 14.2. The van der Waals surface area contributed by atoms with Crippen molar-refractivity contribution in [1.29, 1.82) is 0 Å². The van der Waals surface area contributed by atoms with Crippen molar-refractivity contribution in [2.75, 3.05) is 13.1 Å². The Kier molecular flexibility index (Phi) is 22.9. The SMILES string of the molecule is CCCCCCCC/C=C\CCCCCCCC(=O)OC(C)C(=O)N(CCCC)CCCC. The lowest BCUT2D eigenvalue weighted by atomic mass is 10.1. The maximum Gasteiger partial charge on any atom is 0.306 e. The molecule has 1 unspecified atom stereocenters. The summed E-state index contributed by atoms with van der Waals surface area (Å²) in [4.78, 5) is 26.7. The molecule has 0 spiro atoms. The van der Waals surface area contributed by atoms with Crippen LogP contribution in [0, 0.1) is 0 Å². The van der Waals surface area contributed by atoms with E-state index in [4.69, 9.17) is 4.74 Å². The van der Waals surface area contributed by atoms with Crippen molar-refractivity contribution < 1.29 is 14.3 Å². The van der Waals surface area contributed by atoms with Gasteiger partial charge >= 0.3 is 5.97 Å². The van der Waals surface area contributed by atoms with Gasteiger partial charge in [-0.2, -0.15) is 0 Å². The van der Waals surface area contributed by atoms with Crippen molar-refractivity contribution in [1.82, 2.24) is 4.90 Å². The highest BCUT2D eigenvalue weighted by molar-refractivity contribution is 5.83. The fourth-order valence-electron chi connectivity index (χ4n) is 3.93. The number of carbonyl (C=O) groups excluding carboxylic acids is 2. The Morgan fingerprint density at radius 2 is 1.12 bits per heavy atom. The van der Waals surface area contributed by atoms with Crippen molar-refractivity contribution in [2.45, 2.75) is 149 Å². The molecule has 0 aromatic carbocycles. The minimum atomic E-state index is -0.672. The molecule has 0 aliphatic heterocycles. The molecule has 194 valence electrons. The monoisotopic (exact) mass is 465 g/mol. The van der Waals surface area contributed by atoms with Gasteiger partial charge in [-0.3, -0.25) is 9.59 Å². The summed E-state index contributed by atoms with van der Waals surface area (Å²) in [7, 11) is 0. The third kappa shape index (κ3) is 19.8. The van der Waals surface area contributed by atoms with Gasteiger partial charge in [0.1, 0.15) is 0 Å². The van der Waals surface area contributed by atoms with Crippen molar-refractivity contribution in [2.24, 2.45) is 0 Å². The number of unbranched alkanes of at least 4 members (excludes halogenated alkanes) is 13. The minimum absolute atomic E-state index is 0.0465. The summed E-state index contributed by atoms with van der Waals surface area (Å²) < 4.78 is 5.43. The van der Waals surface area contributed by atoms with Crippen LogP contribution in [0.25, 0.3) is 0 Å². The smallest absolute Gasteiger partial charge is 0.306 e. The first-order valence-corrected chi connectivity index (χ1v) is 14.2. The Labute approximate surface area is 205 Å². The van der Waals surface area contributed by atoms with Gasteiger partial charge < -0.3 is 9.64 Å². The molecule has 33 heavy (non-hydrogen) atoms. The number of amides is 1. The molecule has 0 aliphatic rings. The van der Waals surface area contributed by atoms with Crippen LogP contribution in [-0.4, -0.2) is 36.0 Å². The molecule has 0 rings (SSSR count). The first kappa shape index (κ1) is 31.7. The largest absolute Gasteiger partial charge is 0.453 e. The number of esters is 1. The number of hydrogen-bond donors (Lipinski definition) is 0. The number of rotatable bonds is 23. The van der Waals surface area contributed by atoms with E-state index in [1.807, 2.05) is 4.90 Å². The molecule has 0 saturated carbocycles. The van der Waals surface area contributed by atoms with Crippen LogP contribution >= 0.6 is 0 Å². The molecule has 1 atom stereocenters. The molecule has 0 aliphatic carbocycles. The molecule has 0 saturated heterocycles. The average molecular weight is 466 g/mol. The second kappa shape index (κ2) is 23.8. The maximum absolute atomic E-state index is 12.6. The highest BCUT2D eigenvalue weighted by Gasteiger charge is 2.23. The van der Waals surface area contributed by atoms with Crippen LogP contribution < -0.4 is 0 Å². The van der Waals surface area contributed by atoms with E-state index in [0.717, 1.165) is 58.0 Å². The summed E-state index contributed by atoms with van der Waals surface area (Å²) in [6, 6.07) is 0. The zero-order valence-electron chi connectivity index (χ0n) is 22.5. The fourth-order valence-corrected chi connectivity index (χ4v) is 3.93. The molecule has 0 radical (unpaired) electrons. The summed E-state index contributed by atoms with van der Waals surface area (Å²) in [6.07, 6.45) is 24.6. The van der Waals surface area contributed by atoms with Crippen LogP contribution in [0.1, 0.15) is 143 Å². The van der Waals surface area contributed by atoms with Gasteiger partial charge in [0.05, 0.1) is 0 Å². The van der Waals surface area contributed by atoms with E-state index in [2.05, 4.69) is 32.9 Å². The maximum atomic E-state index is 12.6. The lowest BCUT2D eigenvalue weighted by Crippen LogP contribution is -2.41. The summed E-state index contributed by atoms with van der Waals surface area (Å²) in [6.45, 7) is 9.74. The van der Waals surface area contributed by atoms with Crippen LogP contribution in [0.4, 0.5) is 0 Å². The Balaban J connectivity index is 3.76. The lowest BCUT2D eigenvalue weighted by Gasteiger charge is -2.25. The van der Waals surface area contributed by atoms with Gasteiger partial charge in [0.25, 0.3) is 5.91 Å². The third-order valence-electron chi connectivity index (χ3n) is 6.17. The second-order valence-corrected chi connectivity index (χ2v) is 9.50. The second-order valence-electron chi connectivity index (χ2n) is 9.50. The molecule has 0 aromatic heterocycles. The van der Waals surface area contributed by atoms with E-state index < -0.39 is 6.10 Å². The van der Waals surface area contributed by atoms with Crippen LogP contribution in [0.5, 0.6) is 0 Å². The Morgan fingerprint density at radius 1 is 0.667 bits per heavy atom. The van der Waals surface area contributed by atoms with E-state index in [1.165, 1.54) is 64.2 Å². The molecular weight excluding hydrogens is 410 g/mol. The van der Waals surface area contributed by atoms with Gasteiger partial charge in [0, 0.05) is 19.5 Å². The molecule has 4 heteroatoms. The van der Waals surface area contributed by atoms with Crippen molar-refractivity contribution in [3.05, 3.63) is 12.2 Å². The third-order valence-corrected chi connectivity index (χ3v) is 6.17. The van der Waals surface area contributed by atoms with E-state index >= 15 is 0 Å². The number of carbonyl (C=O) groups is 2.